The van der Waals surface area contributed by atoms with Crippen molar-refractivity contribution < 1.29 is 14.3 Å². The third-order valence-electron chi connectivity index (χ3n) is 2.22. The van der Waals surface area contributed by atoms with Crippen molar-refractivity contribution in [1.29, 1.82) is 0 Å². The molecule has 1 fully saturated rings. The average Bonchev–Trinajstić information content (AvgIpc) is 1.99. The average molecular weight is 186 g/mol. The van der Waals surface area contributed by atoms with Gasteiger partial charge in [0.15, 0.2) is 0 Å². The van der Waals surface area contributed by atoms with Gasteiger partial charge in [-0.3, -0.25) is 9.59 Å². The first-order valence-corrected chi connectivity index (χ1v) is 4.12. The zero-order valence-electron chi connectivity index (χ0n) is 7.79. The summed E-state index contributed by atoms with van der Waals surface area (Å²) >= 11 is 0. The Hall–Kier alpha value is -1.10. The number of amides is 1. The molecule has 0 heterocycles. The topological polar surface area (TPSA) is 81.4 Å². The van der Waals surface area contributed by atoms with Crippen molar-refractivity contribution in [3.63, 3.8) is 0 Å². The Balaban J connectivity index is 2.38. The first kappa shape index (κ1) is 9.98. The van der Waals surface area contributed by atoms with Crippen LogP contribution in [-0.4, -0.2) is 30.6 Å². The molecule has 0 aromatic heterocycles. The highest BCUT2D eigenvalue weighted by Crippen LogP contribution is 2.30. The Morgan fingerprint density at radius 3 is 2.46 bits per heavy atom. The van der Waals surface area contributed by atoms with Crippen molar-refractivity contribution in [2.75, 3.05) is 7.11 Å². The van der Waals surface area contributed by atoms with E-state index in [4.69, 9.17) is 5.73 Å². The van der Waals surface area contributed by atoms with E-state index in [9.17, 15) is 9.59 Å². The molecule has 0 aromatic rings. The van der Waals surface area contributed by atoms with Gasteiger partial charge in [-0.2, -0.15) is 0 Å². The van der Waals surface area contributed by atoms with Crippen LogP contribution in [0.4, 0.5) is 0 Å². The van der Waals surface area contributed by atoms with E-state index in [1.807, 2.05) is 0 Å². The van der Waals surface area contributed by atoms with Gasteiger partial charge in [0.2, 0.25) is 5.91 Å². The molecule has 1 saturated carbocycles. The highest BCUT2D eigenvalue weighted by molar-refractivity contribution is 5.82. The zero-order chi connectivity index (χ0) is 10.1. The predicted octanol–water partition coefficient (Wildman–Crippen LogP) is -0.845. The molecule has 3 N–H and O–H groups in total. The number of rotatable bonds is 2. The molecule has 5 heteroatoms. The van der Waals surface area contributed by atoms with E-state index >= 15 is 0 Å². The smallest absolute Gasteiger partial charge is 0.325 e. The number of carbonyl (C=O) groups excluding carboxylic acids is 2. The van der Waals surface area contributed by atoms with Gasteiger partial charge < -0.3 is 15.8 Å². The van der Waals surface area contributed by atoms with Gasteiger partial charge in [0.05, 0.1) is 7.11 Å². The van der Waals surface area contributed by atoms with E-state index in [2.05, 4.69) is 10.1 Å². The first-order valence-electron chi connectivity index (χ1n) is 4.12. The number of ether oxygens (including phenoxy) is 1. The lowest BCUT2D eigenvalue weighted by molar-refractivity contribution is -0.152. The summed E-state index contributed by atoms with van der Waals surface area (Å²) in [6, 6.07) is 0.0154. The lowest BCUT2D eigenvalue weighted by Gasteiger charge is -2.42. The Labute approximate surface area is 76.6 Å². The molecule has 0 spiro atoms. The second-order valence-electron chi connectivity index (χ2n) is 3.45. The van der Waals surface area contributed by atoms with E-state index in [0.717, 1.165) is 0 Å². The molecule has 1 rings (SSSR count). The van der Waals surface area contributed by atoms with Gasteiger partial charge >= 0.3 is 5.97 Å². The van der Waals surface area contributed by atoms with Gasteiger partial charge in [-0.1, -0.05) is 0 Å². The number of methoxy groups -OCH3 is 1. The Morgan fingerprint density at radius 1 is 1.54 bits per heavy atom. The van der Waals surface area contributed by atoms with Gasteiger partial charge in [0, 0.05) is 13.0 Å². The molecule has 1 aliphatic rings. The minimum absolute atomic E-state index is 0.0154. The molecule has 13 heavy (non-hydrogen) atoms. The molecule has 5 nitrogen and oxygen atoms in total. The van der Waals surface area contributed by atoms with Crippen molar-refractivity contribution in [3.05, 3.63) is 0 Å². The van der Waals surface area contributed by atoms with E-state index in [1.54, 1.807) is 0 Å². The number of esters is 1. The standard InChI is InChI=1S/C8H14N2O3/c1-5(11)10-6-3-8(9,4-6)7(12)13-2/h6H,3-4,9H2,1-2H3,(H,10,11). The molecule has 1 amide bonds. The number of hydrogen-bond donors (Lipinski definition) is 2. The fourth-order valence-electron chi connectivity index (χ4n) is 1.58. The van der Waals surface area contributed by atoms with Crippen LogP contribution in [0.25, 0.3) is 0 Å². The third-order valence-corrected chi connectivity index (χ3v) is 2.22. The van der Waals surface area contributed by atoms with Crippen LogP contribution in [0.5, 0.6) is 0 Å². The molecule has 0 radical (unpaired) electrons. The summed E-state index contributed by atoms with van der Waals surface area (Å²) in [6.45, 7) is 1.44. The molecule has 0 saturated heterocycles. The molecule has 0 bridgehead atoms. The highest BCUT2D eigenvalue weighted by atomic mass is 16.5. The summed E-state index contributed by atoms with van der Waals surface area (Å²) in [5, 5.41) is 2.69. The summed E-state index contributed by atoms with van der Waals surface area (Å²) in [5.41, 5.74) is 4.81. The molecular weight excluding hydrogens is 172 g/mol. The quantitative estimate of drug-likeness (QED) is 0.551. The van der Waals surface area contributed by atoms with Crippen molar-refractivity contribution in [3.8, 4) is 0 Å². The zero-order valence-corrected chi connectivity index (χ0v) is 7.79. The Kier molecular flexibility index (Phi) is 2.56. The largest absolute Gasteiger partial charge is 0.468 e. The summed E-state index contributed by atoms with van der Waals surface area (Å²) in [5.74, 6) is -0.508. The van der Waals surface area contributed by atoms with Gasteiger partial charge in [0.25, 0.3) is 0 Å². The molecule has 74 valence electrons. The minimum Gasteiger partial charge on any atom is -0.468 e. The SMILES string of the molecule is COC(=O)C1(N)CC(NC(C)=O)C1. The Bertz CT molecular complexity index is 234. The molecule has 0 unspecified atom stereocenters. The Morgan fingerprint density at radius 2 is 2.08 bits per heavy atom. The third kappa shape index (κ3) is 1.98. The second-order valence-corrected chi connectivity index (χ2v) is 3.45. The lowest BCUT2D eigenvalue weighted by Crippen LogP contribution is -2.64. The van der Waals surface area contributed by atoms with Crippen LogP contribution in [0.2, 0.25) is 0 Å². The van der Waals surface area contributed by atoms with E-state index in [1.165, 1.54) is 14.0 Å². The van der Waals surface area contributed by atoms with Gasteiger partial charge in [-0.25, -0.2) is 0 Å². The maximum absolute atomic E-state index is 11.1. The van der Waals surface area contributed by atoms with Gasteiger partial charge in [-0.15, -0.1) is 0 Å². The number of nitrogens with two attached hydrogens (primary N) is 1. The number of carbonyl (C=O) groups is 2. The molecular formula is C8H14N2O3. The minimum atomic E-state index is -0.887. The highest BCUT2D eigenvalue weighted by Gasteiger charge is 2.48. The van der Waals surface area contributed by atoms with Crippen LogP contribution in [0.15, 0.2) is 0 Å². The maximum atomic E-state index is 11.1. The molecule has 0 aliphatic heterocycles. The van der Waals surface area contributed by atoms with E-state index < -0.39 is 11.5 Å². The van der Waals surface area contributed by atoms with Crippen LogP contribution >= 0.6 is 0 Å². The summed E-state index contributed by atoms with van der Waals surface area (Å²) in [7, 11) is 1.31. The summed E-state index contributed by atoms with van der Waals surface area (Å²) in [4.78, 5) is 21.7. The van der Waals surface area contributed by atoms with Crippen LogP contribution in [-0.2, 0) is 14.3 Å². The van der Waals surface area contributed by atoms with Crippen LogP contribution in [0, 0.1) is 0 Å². The fourth-order valence-corrected chi connectivity index (χ4v) is 1.58. The monoisotopic (exact) mass is 186 g/mol. The van der Waals surface area contributed by atoms with Crippen molar-refractivity contribution >= 4 is 11.9 Å². The van der Waals surface area contributed by atoms with Crippen molar-refractivity contribution in [2.45, 2.75) is 31.3 Å². The molecule has 0 atom stereocenters. The summed E-state index contributed by atoms with van der Waals surface area (Å²) in [6.07, 6.45) is 0.915. The predicted molar refractivity (Wildman–Crippen MR) is 45.8 cm³/mol. The molecule has 0 aromatic carbocycles. The second kappa shape index (κ2) is 3.33. The maximum Gasteiger partial charge on any atom is 0.325 e. The van der Waals surface area contributed by atoms with Crippen LogP contribution in [0.1, 0.15) is 19.8 Å². The summed E-state index contributed by atoms with van der Waals surface area (Å²) < 4.78 is 4.53. The van der Waals surface area contributed by atoms with E-state index in [0.29, 0.717) is 12.8 Å². The van der Waals surface area contributed by atoms with Gasteiger partial charge in [-0.05, 0) is 12.8 Å². The van der Waals surface area contributed by atoms with Crippen molar-refractivity contribution in [1.82, 2.24) is 5.32 Å². The fraction of sp³-hybridized carbons (Fsp3) is 0.750. The normalized spacial score (nSPS) is 31.8. The first-order chi connectivity index (χ1) is 5.98. The van der Waals surface area contributed by atoms with Crippen LogP contribution < -0.4 is 11.1 Å². The van der Waals surface area contributed by atoms with Crippen molar-refractivity contribution in [2.24, 2.45) is 5.73 Å². The lowest BCUT2D eigenvalue weighted by atomic mass is 9.73. The van der Waals surface area contributed by atoms with Crippen LogP contribution in [0.3, 0.4) is 0 Å². The van der Waals surface area contributed by atoms with E-state index in [-0.39, 0.29) is 11.9 Å². The van der Waals surface area contributed by atoms with Gasteiger partial charge in [0.1, 0.15) is 5.54 Å². The number of hydrogen-bond acceptors (Lipinski definition) is 4. The number of nitrogens with one attached hydrogen (secondary N) is 1. The molecule has 1 aliphatic carbocycles.